The lowest BCUT2D eigenvalue weighted by Crippen LogP contribution is -2.62. The highest BCUT2D eigenvalue weighted by Gasteiger charge is 2.32. The highest BCUT2D eigenvalue weighted by atomic mass is 32.2. The molecule has 0 aliphatic carbocycles. The van der Waals surface area contributed by atoms with E-state index in [1.807, 2.05) is 0 Å². The van der Waals surface area contributed by atoms with Crippen molar-refractivity contribution in [2.75, 3.05) is 31.1 Å². The van der Waals surface area contributed by atoms with E-state index in [1.165, 1.54) is 50.4 Å². The summed E-state index contributed by atoms with van der Waals surface area (Å²) in [5.41, 5.74) is 0.301. The lowest BCUT2D eigenvalue weighted by Gasteiger charge is -2.46. The lowest BCUT2D eigenvalue weighted by atomic mass is 9.94. The Bertz CT molecular complexity index is 236. The lowest BCUT2D eigenvalue weighted by molar-refractivity contribution is 0.0752. The molecule has 2 aliphatic heterocycles. The minimum atomic E-state index is 0.301. The Labute approximate surface area is 111 Å². The van der Waals surface area contributed by atoms with Gasteiger partial charge in [-0.3, -0.25) is 4.90 Å². The molecule has 2 nitrogen and oxygen atoms in total. The van der Waals surface area contributed by atoms with E-state index in [0.717, 1.165) is 12.0 Å². The van der Waals surface area contributed by atoms with Gasteiger partial charge in [-0.1, -0.05) is 6.92 Å². The predicted octanol–water partition coefficient (Wildman–Crippen LogP) is 2.59. The van der Waals surface area contributed by atoms with Gasteiger partial charge in [0, 0.05) is 31.2 Å². The van der Waals surface area contributed by atoms with Crippen LogP contribution in [0.2, 0.25) is 0 Å². The zero-order valence-electron chi connectivity index (χ0n) is 11.7. The molecular weight excluding hydrogens is 228 g/mol. The number of piperazine rings is 1. The van der Waals surface area contributed by atoms with Crippen molar-refractivity contribution in [2.24, 2.45) is 5.92 Å². The summed E-state index contributed by atoms with van der Waals surface area (Å²) in [5, 5.41) is 3.68. The third-order valence-electron chi connectivity index (χ3n) is 4.24. The van der Waals surface area contributed by atoms with E-state index < -0.39 is 0 Å². The summed E-state index contributed by atoms with van der Waals surface area (Å²) in [6.45, 7) is 10.7. The molecule has 17 heavy (non-hydrogen) atoms. The molecule has 3 heteroatoms. The monoisotopic (exact) mass is 256 g/mol. The number of nitrogens with zero attached hydrogens (tertiary/aromatic N) is 1. The number of nitrogens with one attached hydrogen (secondary N) is 1. The molecule has 1 unspecified atom stereocenters. The van der Waals surface area contributed by atoms with Gasteiger partial charge in [0.15, 0.2) is 0 Å². The molecule has 1 N–H and O–H groups in total. The van der Waals surface area contributed by atoms with Crippen LogP contribution in [0, 0.1) is 5.92 Å². The van der Waals surface area contributed by atoms with E-state index in [0.29, 0.717) is 5.54 Å². The van der Waals surface area contributed by atoms with Gasteiger partial charge in [-0.05, 0) is 50.5 Å². The van der Waals surface area contributed by atoms with E-state index in [1.54, 1.807) is 0 Å². The van der Waals surface area contributed by atoms with Gasteiger partial charge in [0.25, 0.3) is 0 Å². The highest BCUT2D eigenvalue weighted by Crippen LogP contribution is 2.26. The van der Waals surface area contributed by atoms with E-state index in [2.05, 4.69) is 42.7 Å². The van der Waals surface area contributed by atoms with Gasteiger partial charge >= 0.3 is 0 Å². The first kappa shape index (κ1) is 13.7. The molecule has 0 radical (unpaired) electrons. The number of rotatable bonds is 3. The van der Waals surface area contributed by atoms with Crippen LogP contribution < -0.4 is 5.32 Å². The molecular formula is C14H28N2S. The SMILES string of the molecule is CCC1CNC(C)(C)CN1CC1CCSCC1. The van der Waals surface area contributed by atoms with Crippen molar-refractivity contribution in [3.8, 4) is 0 Å². The molecule has 0 aromatic heterocycles. The maximum absolute atomic E-state index is 3.68. The van der Waals surface area contributed by atoms with Crippen LogP contribution in [0.5, 0.6) is 0 Å². The van der Waals surface area contributed by atoms with Gasteiger partial charge in [0.05, 0.1) is 0 Å². The van der Waals surface area contributed by atoms with Crippen LogP contribution in [0.1, 0.15) is 40.0 Å². The van der Waals surface area contributed by atoms with Crippen LogP contribution in [-0.4, -0.2) is 47.6 Å². The number of thioether (sulfide) groups is 1. The molecule has 0 bridgehead atoms. The predicted molar refractivity (Wildman–Crippen MR) is 77.8 cm³/mol. The normalized spacial score (nSPS) is 31.6. The average molecular weight is 256 g/mol. The number of hydrogen-bond donors (Lipinski definition) is 1. The van der Waals surface area contributed by atoms with E-state index in [-0.39, 0.29) is 0 Å². The van der Waals surface area contributed by atoms with E-state index in [9.17, 15) is 0 Å². The topological polar surface area (TPSA) is 15.3 Å². The quantitative estimate of drug-likeness (QED) is 0.835. The largest absolute Gasteiger partial charge is 0.309 e. The Morgan fingerprint density at radius 3 is 2.65 bits per heavy atom. The molecule has 2 fully saturated rings. The zero-order chi connectivity index (χ0) is 12.3. The van der Waals surface area contributed by atoms with Gasteiger partial charge in [-0.25, -0.2) is 0 Å². The summed E-state index contributed by atoms with van der Waals surface area (Å²) in [6.07, 6.45) is 4.15. The summed E-state index contributed by atoms with van der Waals surface area (Å²) >= 11 is 2.14. The Morgan fingerprint density at radius 2 is 2.00 bits per heavy atom. The van der Waals surface area contributed by atoms with E-state index >= 15 is 0 Å². The molecule has 0 amide bonds. The standard InChI is InChI=1S/C14H28N2S/c1-4-13-9-15-14(2,3)11-16(13)10-12-5-7-17-8-6-12/h12-13,15H,4-11H2,1-3H3. The van der Waals surface area contributed by atoms with Crippen LogP contribution in [0.15, 0.2) is 0 Å². The maximum Gasteiger partial charge on any atom is 0.0252 e. The molecule has 0 saturated carbocycles. The summed E-state index contributed by atoms with van der Waals surface area (Å²) in [4.78, 5) is 2.76. The molecule has 0 aromatic rings. The smallest absolute Gasteiger partial charge is 0.0252 e. The molecule has 100 valence electrons. The minimum Gasteiger partial charge on any atom is -0.309 e. The van der Waals surface area contributed by atoms with Crippen molar-refractivity contribution < 1.29 is 0 Å². The van der Waals surface area contributed by atoms with Crippen molar-refractivity contribution in [3.63, 3.8) is 0 Å². The van der Waals surface area contributed by atoms with Gasteiger partial charge in [0.2, 0.25) is 0 Å². The van der Waals surface area contributed by atoms with Crippen LogP contribution in [0.4, 0.5) is 0 Å². The Morgan fingerprint density at radius 1 is 1.29 bits per heavy atom. The first-order chi connectivity index (χ1) is 8.11. The van der Waals surface area contributed by atoms with Crippen molar-refractivity contribution >= 4 is 11.8 Å². The van der Waals surface area contributed by atoms with Crippen molar-refractivity contribution in [1.82, 2.24) is 10.2 Å². The Hall–Kier alpha value is 0.270. The Kier molecular flexibility index (Phi) is 4.79. The number of hydrogen-bond acceptors (Lipinski definition) is 3. The second-order valence-corrected chi connectivity index (χ2v) is 7.54. The summed E-state index contributed by atoms with van der Waals surface area (Å²) in [6, 6.07) is 0.762. The second-order valence-electron chi connectivity index (χ2n) is 6.31. The third-order valence-corrected chi connectivity index (χ3v) is 5.28. The Balaban J connectivity index is 1.90. The molecule has 0 spiro atoms. The molecule has 2 heterocycles. The first-order valence-electron chi connectivity index (χ1n) is 7.17. The van der Waals surface area contributed by atoms with Gasteiger partial charge < -0.3 is 5.32 Å². The average Bonchev–Trinajstić information content (AvgIpc) is 2.30. The van der Waals surface area contributed by atoms with Crippen molar-refractivity contribution in [2.45, 2.75) is 51.6 Å². The zero-order valence-corrected chi connectivity index (χ0v) is 12.5. The summed E-state index contributed by atoms with van der Waals surface area (Å²) in [5.74, 6) is 3.73. The summed E-state index contributed by atoms with van der Waals surface area (Å²) < 4.78 is 0. The van der Waals surface area contributed by atoms with Crippen LogP contribution in [-0.2, 0) is 0 Å². The van der Waals surface area contributed by atoms with Crippen LogP contribution in [0.25, 0.3) is 0 Å². The van der Waals surface area contributed by atoms with Crippen LogP contribution >= 0.6 is 11.8 Å². The van der Waals surface area contributed by atoms with E-state index in [4.69, 9.17) is 0 Å². The molecule has 2 rings (SSSR count). The molecule has 0 aromatic carbocycles. The third kappa shape index (κ3) is 3.87. The molecule has 1 atom stereocenters. The molecule has 2 saturated heterocycles. The van der Waals surface area contributed by atoms with Crippen molar-refractivity contribution in [1.29, 1.82) is 0 Å². The fraction of sp³-hybridized carbons (Fsp3) is 1.00. The minimum absolute atomic E-state index is 0.301. The highest BCUT2D eigenvalue weighted by molar-refractivity contribution is 7.99. The fourth-order valence-corrected chi connectivity index (χ4v) is 4.30. The molecule has 2 aliphatic rings. The van der Waals surface area contributed by atoms with Gasteiger partial charge in [0.1, 0.15) is 0 Å². The maximum atomic E-state index is 3.68. The van der Waals surface area contributed by atoms with Gasteiger partial charge in [-0.2, -0.15) is 11.8 Å². The second kappa shape index (κ2) is 5.94. The fourth-order valence-electron chi connectivity index (χ4n) is 3.09. The summed E-state index contributed by atoms with van der Waals surface area (Å²) in [7, 11) is 0. The van der Waals surface area contributed by atoms with Crippen LogP contribution in [0.3, 0.4) is 0 Å². The first-order valence-corrected chi connectivity index (χ1v) is 8.33. The van der Waals surface area contributed by atoms with Gasteiger partial charge in [-0.15, -0.1) is 0 Å². The van der Waals surface area contributed by atoms with Crippen molar-refractivity contribution in [3.05, 3.63) is 0 Å².